The van der Waals surface area contributed by atoms with E-state index in [0.29, 0.717) is 11.8 Å². The summed E-state index contributed by atoms with van der Waals surface area (Å²) in [5.41, 5.74) is 1.65. The fraction of sp³-hybridized carbons (Fsp3) is 0.571. The number of piperidine rings is 1. The van der Waals surface area contributed by atoms with Gasteiger partial charge in [-0.15, -0.1) is 0 Å². The highest BCUT2D eigenvalue weighted by Crippen LogP contribution is 2.41. The molecule has 2 fully saturated rings. The maximum Gasteiger partial charge on any atom is 0.223 e. The number of H-pyrrole nitrogens is 1. The van der Waals surface area contributed by atoms with Gasteiger partial charge in [-0.3, -0.25) is 4.79 Å². The minimum Gasteiger partial charge on any atom is -0.378 e. The van der Waals surface area contributed by atoms with Crippen LogP contribution in [-0.4, -0.2) is 41.1 Å². The van der Waals surface area contributed by atoms with E-state index in [-0.39, 0.29) is 29.3 Å². The fourth-order valence-corrected chi connectivity index (χ4v) is 4.95. The molecular formula is C21H27FN2O2. The lowest BCUT2D eigenvalue weighted by molar-refractivity contribution is -0.147. The van der Waals surface area contributed by atoms with Crippen LogP contribution in [0.15, 0.2) is 24.4 Å². The van der Waals surface area contributed by atoms with Crippen LogP contribution in [0.1, 0.15) is 56.9 Å². The largest absolute Gasteiger partial charge is 0.378 e. The van der Waals surface area contributed by atoms with Crippen LogP contribution in [0, 0.1) is 5.82 Å². The lowest BCUT2D eigenvalue weighted by Gasteiger charge is -2.49. The molecule has 140 valence electrons. The number of carbonyl (C=O) groups excluding carboxylic acids is 1. The summed E-state index contributed by atoms with van der Waals surface area (Å²) in [6.45, 7) is 2.78. The Morgan fingerprint density at radius 3 is 3.12 bits per heavy atom. The number of likely N-dealkylation sites (tertiary alicyclic amines) is 1. The van der Waals surface area contributed by atoms with Gasteiger partial charge >= 0.3 is 0 Å². The van der Waals surface area contributed by atoms with Crippen molar-refractivity contribution in [3.8, 4) is 0 Å². The number of benzene rings is 1. The third-order valence-corrected chi connectivity index (χ3v) is 6.48. The molecule has 0 spiro atoms. The van der Waals surface area contributed by atoms with E-state index in [2.05, 4.69) is 9.88 Å². The van der Waals surface area contributed by atoms with Crippen molar-refractivity contribution in [2.45, 2.75) is 63.0 Å². The summed E-state index contributed by atoms with van der Waals surface area (Å²) in [6.07, 6.45) is 7.41. The van der Waals surface area contributed by atoms with Crippen LogP contribution in [0.4, 0.5) is 4.39 Å². The standard InChI is InChI=1S/C21H27FN2O2/c1-14(16-13-23-18-7-3-6-17(22)20(16)18)11-19(25)24-10-9-21(26-2)8-4-5-15(24)12-21/h3,6-7,13-15,23H,4-5,8-12H2,1-2H3. The number of methoxy groups -OCH3 is 1. The number of aromatic amines is 1. The minimum atomic E-state index is -0.229. The van der Waals surface area contributed by atoms with Crippen molar-refractivity contribution in [1.82, 2.24) is 9.88 Å². The molecule has 2 bridgehead atoms. The molecule has 1 aromatic carbocycles. The van der Waals surface area contributed by atoms with E-state index in [1.807, 2.05) is 19.2 Å². The van der Waals surface area contributed by atoms with Gasteiger partial charge in [0.2, 0.25) is 5.91 Å². The van der Waals surface area contributed by atoms with Gasteiger partial charge in [0, 0.05) is 43.2 Å². The number of hydrogen-bond donors (Lipinski definition) is 1. The fourth-order valence-electron chi connectivity index (χ4n) is 4.95. The second-order valence-electron chi connectivity index (χ2n) is 7.99. The zero-order valence-corrected chi connectivity index (χ0v) is 15.6. The highest BCUT2D eigenvalue weighted by atomic mass is 19.1. The molecule has 4 nitrogen and oxygen atoms in total. The van der Waals surface area contributed by atoms with Crippen molar-refractivity contribution in [2.75, 3.05) is 13.7 Å². The van der Waals surface area contributed by atoms with Gasteiger partial charge in [-0.1, -0.05) is 13.0 Å². The quantitative estimate of drug-likeness (QED) is 0.882. The molecule has 2 aliphatic rings. The van der Waals surface area contributed by atoms with Gasteiger partial charge in [-0.25, -0.2) is 4.39 Å². The molecule has 2 aromatic rings. The lowest BCUT2D eigenvalue weighted by atomic mass is 9.75. The highest BCUT2D eigenvalue weighted by Gasteiger charge is 2.44. The Bertz CT molecular complexity index is 817. The number of nitrogens with one attached hydrogen (secondary N) is 1. The number of fused-ring (bicyclic) bond motifs is 3. The van der Waals surface area contributed by atoms with Crippen LogP contribution in [0.5, 0.6) is 0 Å². The number of hydrogen-bond acceptors (Lipinski definition) is 2. The molecule has 1 amide bonds. The minimum absolute atomic E-state index is 0.0224. The number of ether oxygens (including phenoxy) is 1. The number of aromatic nitrogens is 1. The third-order valence-electron chi connectivity index (χ3n) is 6.48. The normalized spacial score (nSPS) is 26.9. The van der Waals surface area contributed by atoms with E-state index in [0.717, 1.165) is 49.7 Å². The Labute approximate surface area is 153 Å². The maximum absolute atomic E-state index is 14.3. The van der Waals surface area contributed by atoms with Gasteiger partial charge in [0.25, 0.3) is 0 Å². The average molecular weight is 358 g/mol. The van der Waals surface area contributed by atoms with Crippen molar-refractivity contribution in [3.63, 3.8) is 0 Å². The molecule has 1 saturated carbocycles. The number of rotatable bonds is 4. The summed E-state index contributed by atoms with van der Waals surface area (Å²) in [5.74, 6) is -0.0705. The first kappa shape index (κ1) is 17.5. The second kappa shape index (κ2) is 6.69. The zero-order valence-electron chi connectivity index (χ0n) is 15.6. The summed E-state index contributed by atoms with van der Waals surface area (Å²) in [7, 11) is 1.80. The Morgan fingerprint density at radius 2 is 2.31 bits per heavy atom. The molecule has 5 heteroatoms. The van der Waals surface area contributed by atoms with Gasteiger partial charge in [0.15, 0.2) is 0 Å². The van der Waals surface area contributed by atoms with E-state index in [1.165, 1.54) is 6.07 Å². The van der Waals surface area contributed by atoms with Crippen LogP contribution in [0.2, 0.25) is 0 Å². The van der Waals surface area contributed by atoms with Gasteiger partial charge < -0.3 is 14.6 Å². The topological polar surface area (TPSA) is 45.3 Å². The molecule has 1 aliphatic carbocycles. The Hall–Kier alpha value is -1.88. The van der Waals surface area contributed by atoms with Crippen molar-refractivity contribution < 1.29 is 13.9 Å². The molecule has 1 saturated heterocycles. The van der Waals surface area contributed by atoms with Crippen molar-refractivity contribution in [2.24, 2.45) is 0 Å². The zero-order chi connectivity index (χ0) is 18.3. The second-order valence-corrected chi connectivity index (χ2v) is 7.99. The Balaban J connectivity index is 1.49. The monoisotopic (exact) mass is 358 g/mol. The first-order chi connectivity index (χ1) is 12.5. The molecule has 4 rings (SSSR count). The van der Waals surface area contributed by atoms with Crippen molar-refractivity contribution in [1.29, 1.82) is 0 Å². The van der Waals surface area contributed by atoms with Crippen LogP contribution in [0.3, 0.4) is 0 Å². The van der Waals surface area contributed by atoms with E-state index < -0.39 is 0 Å². The molecule has 1 aromatic heterocycles. The predicted molar refractivity (Wildman–Crippen MR) is 99.6 cm³/mol. The molecule has 1 aliphatic heterocycles. The van der Waals surface area contributed by atoms with E-state index in [9.17, 15) is 9.18 Å². The van der Waals surface area contributed by atoms with Crippen LogP contribution in [-0.2, 0) is 9.53 Å². The first-order valence-electron chi connectivity index (χ1n) is 9.63. The predicted octanol–water partition coefficient (Wildman–Crippen LogP) is 4.36. The highest BCUT2D eigenvalue weighted by molar-refractivity contribution is 5.85. The van der Waals surface area contributed by atoms with Gasteiger partial charge in [-0.05, 0) is 55.7 Å². The van der Waals surface area contributed by atoms with Crippen LogP contribution in [0.25, 0.3) is 10.9 Å². The number of nitrogens with zero attached hydrogens (tertiary/aromatic N) is 1. The summed E-state index contributed by atoms with van der Waals surface area (Å²) >= 11 is 0. The molecule has 26 heavy (non-hydrogen) atoms. The average Bonchev–Trinajstić information content (AvgIpc) is 3.07. The molecule has 0 radical (unpaired) electrons. The smallest absolute Gasteiger partial charge is 0.223 e. The molecule has 3 unspecified atom stereocenters. The van der Waals surface area contributed by atoms with E-state index in [4.69, 9.17) is 4.74 Å². The van der Waals surface area contributed by atoms with Crippen molar-refractivity contribution in [3.05, 3.63) is 35.8 Å². The lowest BCUT2D eigenvalue weighted by Crippen LogP contribution is -2.55. The van der Waals surface area contributed by atoms with Crippen LogP contribution < -0.4 is 0 Å². The van der Waals surface area contributed by atoms with E-state index in [1.54, 1.807) is 13.2 Å². The first-order valence-corrected chi connectivity index (χ1v) is 9.63. The SMILES string of the molecule is COC12CCCC(C1)N(C(=O)CC(C)c1c[nH]c3cccc(F)c13)CC2. The maximum atomic E-state index is 14.3. The molecule has 1 N–H and O–H groups in total. The molecule has 2 heterocycles. The number of carbonyl (C=O) groups is 1. The van der Waals surface area contributed by atoms with Gasteiger partial charge in [0.1, 0.15) is 5.82 Å². The summed E-state index contributed by atoms with van der Waals surface area (Å²) in [4.78, 5) is 18.2. The number of amides is 1. The van der Waals surface area contributed by atoms with Crippen LogP contribution >= 0.6 is 0 Å². The summed E-state index contributed by atoms with van der Waals surface area (Å²) in [5, 5.41) is 0.613. The number of halogens is 1. The van der Waals surface area contributed by atoms with Gasteiger partial charge in [0.05, 0.1) is 5.60 Å². The van der Waals surface area contributed by atoms with E-state index >= 15 is 0 Å². The van der Waals surface area contributed by atoms with Crippen molar-refractivity contribution >= 4 is 16.8 Å². The van der Waals surface area contributed by atoms with Gasteiger partial charge in [-0.2, -0.15) is 0 Å². The summed E-state index contributed by atoms with van der Waals surface area (Å²) < 4.78 is 20.0. The summed E-state index contributed by atoms with van der Waals surface area (Å²) in [6, 6.07) is 5.34. The Kier molecular flexibility index (Phi) is 4.51. The Morgan fingerprint density at radius 1 is 1.46 bits per heavy atom. The molecule has 3 atom stereocenters. The molecular weight excluding hydrogens is 331 g/mol. The third kappa shape index (κ3) is 2.92.